The first kappa shape index (κ1) is 13.9. The van der Waals surface area contributed by atoms with E-state index in [1.54, 1.807) is 0 Å². The Morgan fingerprint density at radius 1 is 1.17 bits per heavy atom. The highest BCUT2D eigenvalue weighted by molar-refractivity contribution is 5.81. The largest absolute Gasteiger partial charge is 0.478 e. The van der Waals surface area contributed by atoms with E-state index in [-0.39, 0.29) is 22.3 Å². The summed E-state index contributed by atoms with van der Waals surface area (Å²) >= 11 is 0. The summed E-state index contributed by atoms with van der Waals surface area (Å²) < 4.78 is 131. The second-order valence-electron chi connectivity index (χ2n) is 8.69. The van der Waals surface area contributed by atoms with Crippen LogP contribution in [-0.2, 0) is 21.5 Å². The Hall–Kier alpha value is -3.25. The number of carboxylic acid groups (broad SMARTS) is 1. The third kappa shape index (κ3) is 4.87. The molecule has 0 aliphatic heterocycles. The Morgan fingerprint density at radius 3 is 2.56 bits per heavy atom. The van der Waals surface area contributed by atoms with Crippen LogP contribution in [0.1, 0.15) is 90.3 Å². The van der Waals surface area contributed by atoms with Crippen molar-refractivity contribution in [2.24, 2.45) is 0 Å². The molecule has 0 bridgehead atoms. The molecule has 1 aromatic heterocycles. The highest BCUT2D eigenvalue weighted by atomic mass is 16.6. The Kier molecular flexibility index (Phi) is 4.01. The Balaban J connectivity index is 2.85. The van der Waals surface area contributed by atoms with Crippen LogP contribution in [0.15, 0.2) is 42.3 Å². The van der Waals surface area contributed by atoms with Crippen LogP contribution in [0.2, 0.25) is 0 Å². The Labute approximate surface area is 234 Å². The average Bonchev–Trinajstić information content (AvgIpc) is 2.99. The minimum absolute atomic E-state index is 0.00685. The second kappa shape index (κ2) is 10.4. The van der Waals surface area contributed by atoms with Crippen LogP contribution in [0.4, 0.5) is 0 Å². The molecule has 3 rings (SSSR count). The van der Waals surface area contributed by atoms with Crippen LogP contribution in [0.5, 0.6) is 6.01 Å². The molecule has 1 N–H and O–H groups in total. The summed E-state index contributed by atoms with van der Waals surface area (Å²) in [6.45, 7) is 6.84. The fourth-order valence-corrected chi connectivity index (χ4v) is 3.75. The third-order valence-corrected chi connectivity index (χ3v) is 5.93. The smallest absolute Gasteiger partial charge is 0.351 e. The van der Waals surface area contributed by atoms with E-state index < -0.39 is 107 Å². The molecule has 0 spiro atoms. The summed E-state index contributed by atoms with van der Waals surface area (Å²) in [5, 5.41) is 4.45. The van der Waals surface area contributed by atoms with Crippen molar-refractivity contribution in [2.75, 3.05) is 0 Å². The summed E-state index contributed by atoms with van der Waals surface area (Å²) in [6.07, 6.45) is -4.65. The van der Waals surface area contributed by atoms with Crippen molar-refractivity contribution in [1.82, 2.24) is 9.97 Å². The monoisotopic (exact) mass is 504 g/mol. The maximum absolute atomic E-state index is 14.2. The predicted molar refractivity (Wildman–Crippen MR) is 142 cm³/mol. The van der Waals surface area contributed by atoms with Crippen molar-refractivity contribution >= 4 is 5.97 Å². The van der Waals surface area contributed by atoms with Crippen molar-refractivity contribution < 1.29 is 37.2 Å². The summed E-state index contributed by atoms with van der Waals surface area (Å²) in [7, 11) is 0. The number of aliphatic carboxylic acids is 1. The van der Waals surface area contributed by atoms with Gasteiger partial charge in [0.15, 0.2) is 5.60 Å². The standard InChI is InChI=1S/C30H38N2O4/c1-10-25-17-22(7)31-28(32-25)36-29(9,27(33)34)30(35-18(2)3,24-15-14-19(4)21(6)16-24)26-13-11-12-20(5)23(26)8/h11-18H,10H2,1-9H3,(H,33,34)/t29-,30?/m1/s1/i7D3,10D2,11D,12D,13D,14D,15D,16D,17D,18D/hD. The van der Waals surface area contributed by atoms with Crippen LogP contribution in [0, 0.1) is 34.5 Å². The zero-order chi connectivity index (χ0) is 38.9. The number of hydrogen-bond acceptors (Lipinski definition) is 6. The first-order valence-corrected chi connectivity index (χ1v) is 11.1. The quantitative estimate of drug-likeness (QED) is 0.375. The molecule has 2 atom stereocenters. The fourth-order valence-electron chi connectivity index (χ4n) is 3.75. The van der Waals surface area contributed by atoms with E-state index in [9.17, 15) is 6.17 Å². The molecule has 1 heterocycles. The van der Waals surface area contributed by atoms with Crippen molar-refractivity contribution in [3.8, 4) is 6.01 Å². The van der Waals surface area contributed by atoms with Crippen molar-refractivity contribution in [2.45, 2.75) is 85.9 Å². The van der Waals surface area contributed by atoms with E-state index in [4.69, 9.17) is 27.4 Å². The lowest BCUT2D eigenvalue weighted by Crippen LogP contribution is -2.62. The van der Waals surface area contributed by atoms with Gasteiger partial charge in [0.05, 0.1) is 17.0 Å². The summed E-state index contributed by atoms with van der Waals surface area (Å²) in [5.74, 6) is -1.70. The Morgan fingerprint density at radius 2 is 1.92 bits per heavy atom. The molecule has 0 radical (unpaired) electrons. The second-order valence-corrected chi connectivity index (χ2v) is 8.69. The van der Waals surface area contributed by atoms with Crippen LogP contribution in [0.25, 0.3) is 1.43 Å². The molecule has 0 saturated carbocycles. The number of nitrogens with zero attached hydrogens (tertiary/aromatic N) is 2. The van der Waals surface area contributed by atoms with Gasteiger partial charge in [-0.25, -0.2) is 14.8 Å². The van der Waals surface area contributed by atoms with Gasteiger partial charge in [-0.2, -0.15) is 0 Å². The fraction of sp³-hybridized carbons (Fsp3) is 0.433. The zero-order valence-electron chi connectivity index (χ0n) is 35.5. The predicted octanol–water partition coefficient (Wildman–Crippen LogP) is 6.17. The highest BCUT2D eigenvalue weighted by Crippen LogP contribution is 2.48. The van der Waals surface area contributed by atoms with Crippen molar-refractivity contribution in [3.05, 3.63) is 87.1 Å². The summed E-state index contributed by atoms with van der Waals surface area (Å²) in [4.78, 5) is 22.0. The molecule has 3 aromatic rings. The summed E-state index contributed by atoms with van der Waals surface area (Å²) in [6, 6.07) is -5.58. The molecule has 0 saturated heterocycles. The van der Waals surface area contributed by atoms with Gasteiger partial charge in [-0.05, 0) is 101 Å². The van der Waals surface area contributed by atoms with E-state index in [1.165, 1.54) is 41.5 Å². The normalized spacial score (nSPS) is 21.3. The Bertz CT molecular complexity index is 1710. The van der Waals surface area contributed by atoms with Gasteiger partial charge in [-0.1, -0.05) is 43.2 Å². The number of ether oxygens (including phenoxy) is 2. The highest BCUT2D eigenvalue weighted by Gasteiger charge is 2.61. The van der Waals surface area contributed by atoms with Gasteiger partial charge in [0.2, 0.25) is 5.60 Å². The van der Waals surface area contributed by atoms with Gasteiger partial charge in [0, 0.05) is 18.2 Å². The minimum Gasteiger partial charge on any atom is -0.478 e. The lowest BCUT2D eigenvalue weighted by molar-refractivity contribution is -0.196. The minimum atomic E-state index is -3.15. The van der Waals surface area contributed by atoms with Crippen molar-refractivity contribution in [1.29, 1.82) is 1.43 Å². The van der Waals surface area contributed by atoms with Gasteiger partial charge in [-0.3, -0.25) is 0 Å². The van der Waals surface area contributed by atoms with E-state index in [0.717, 1.165) is 13.8 Å². The maximum atomic E-state index is 14.2. The van der Waals surface area contributed by atoms with Crippen LogP contribution < -0.4 is 4.74 Å². The van der Waals surface area contributed by atoms with Gasteiger partial charge < -0.3 is 14.6 Å². The molecule has 0 aliphatic carbocycles. The van der Waals surface area contributed by atoms with Gasteiger partial charge in [0.25, 0.3) is 1.43 Å². The van der Waals surface area contributed by atoms with E-state index in [1.807, 2.05) is 0 Å². The molecule has 0 amide bonds. The van der Waals surface area contributed by atoms with E-state index in [0.29, 0.717) is 0 Å². The van der Waals surface area contributed by atoms with Gasteiger partial charge in [-0.15, -0.1) is 0 Å². The number of aryl methyl sites for hydroxylation is 2. The van der Waals surface area contributed by atoms with E-state index >= 15 is 0 Å². The van der Waals surface area contributed by atoms with Crippen LogP contribution in [0.3, 0.4) is 0 Å². The molecule has 1 unspecified atom stereocenters. The molecule has 6 heteroatoms. The summed E-state index contributed by atoms with van der Waals surface area (Å²) in [5.41, 5.74) is -8.63. The lowest BCUT2D eigenvalue weighted by atomic mass is 9.70. The van der Waals surface area contributed by atoms with Crippen LogP contribution >= 0.6 is 0 Å². The van der Waals surface area contributed by atoms with Crippen LogP contribution in [-0.4, -0.2) is 32.7 Å². The number of benzene rings is 2. The molecule has 6 nitrogen and oxygen atoms in total. The first-order chi connectivity index (χ1) is 22.5. The molecular formula is C30H38N2O4. The molecule has 0 fully saturated rings. The first-order valence-electron chi connectivity index (χ1n) is 18.0. The number of carboxylic acids is 1. The van der Waals surface area contributed by atoms with Gasteiger partial charge >= 0.3 is 12.0 Å². The topological polar surface area (TPSA) is 81.5 Å². The van der Waals surface area contributed by atoms with Gasteiger partial charge in [0.1, 0.15) is 0 Å². The zero-order valence-corrected chi connectivity index (χ0v) is 21.5. The SMILES string of the molecule is [2H]OC(=O)[C@@](C)(Oc1nc(C([2H])([2H])[2H])c([2H])c(C([2H])([2H])C)n1)C(OC([2H])(C)C)(c1c([2H])c([2H])c(C)c(C)c1[2H])c1c([2H])c([2H])c([2H])c(C)c1C. The molecule has 36 heavy (non-hydrogen) atoms. The van der Waals surface area contributed by atoms with E-state index in [2.05, 4.69) is 15.1 Å². The number of aromatic nitrogens is 2. The number of hydrogen-bond donors (Lipinski definition) is 1. The lowest BCUT2D eigenvalue weighted by Gasteiger charge is -2.47. The number of rotatable bonds is 9. The number of carbonyl (C=O) groups is 1. The maximum Gasteiger partial charge on any atom is 0.351 e. The third-order valence-electron chi connectivity index (χ3n) is 5.93. The molecule has 0 aliphatic rings. The molecule has 192 valence electrons. The molecule has 2 aromatic carbocycles. The van der Waals surface area contributed by atoms with Crippen molar-refractivity contribution in [3.63, 3.8) is 0 Å². The molecular weight excluding hydrogens is 452 g/mol. The average molecular weight is 505 g/mol.